The Morgan fingerprint density at radius 3 is 2.75 bits per heavy atom. The summed E-state index contributed by atoms with van der Waals surface area (Å²) in [5.74, 6) is 0. The van der Waals surface area contributed by atoms with Crippen LogP contribution in [0.15, 0.2) is 24.3 Å². The monoisotopic (exact) mass is 239 g/mol. The minimum absolute atomic E-state index is 0.191. The van der Waals surface area contributed by atoms with E-state index in [0.717, 1.165) is 23.4 Å². The van der Waals surface area contributed by atoms with E-state index < -0.39 is 0 Å². The van der Waals surface area contributed by atoms with Crippen molar-refractivity contribution in [1.29, 1.82) is 0 Å². The van der Waals surface area contributed by atoms with E-state index in [1.165, 1.54) is 12.8 Å². The molecule has 16 heavy (non-hydrogen) atoms. The van der Waals surface area contributed by atoms with Gasteiger partial charge in [-0.3, -0.25) is 0 Å². The van der Waals surface area contributed by atoms with E-state index in [4.69, 9.17) is 22.1 Å². The Balaban J connectivity index is 1.89. The Morgan fingerprint density at radius 1 is 1.25 bits per heavy atom. The van der Waals surface area contributed by atoms with Crippen LogP contribution < -0.4 is 5.73 Å². The number of hydrogen-bond acceptors (Lipinski definition) is 2. The zero-order chi connectivity index (χ0) is 11.4. The SMILES string of the molecule is N[C@@H]1CCCC[C@H]1OCc1ccccc1Cl. The second-order valence-electron chi connectivity index (χ2n) is 4.39. The molecule has 2 N–H and O–H groups in total. The average molecular weight is 240 g/mol. The maximum absolute atomic E-state index is 6.07. The second-order valence-corrected chi connectivity index (χ2v) is 4.80. The molecule has 1 aromatic carbocycles. The van der Waals surface area contributed by atoms with Crippen molar-refractivity contribution in [1.82, 2.24) is 0 Å². The molecule has 0 spiro atoms. The van der Waals surface area contributed by atoms with Gasteiger partial charge in [0.2, 0.25) is 0 Å². The number of benzene rings is 1. The highest BCUT2D eigenvalue weighted by Gasteiger charge is 2.22. The minimum Gasteiger partial charge on any atom is -0.372 e. The highest BCUT2D eigenvalue weighted by molar-refractivity contribution is 6.31. The molecule has 1 aliphatic rings. The van der Waals surface area contributed by atoms with Crippen molar-refractivity contribution in [3.05, 3.63) is 34.9 Å². The lowest BCUT2D eigenvalue weighted by Gasteiger charge is -2.28. The van der Waals surface area contributed by atoms with Gasteiger partial charge in [0, 0.05) is 11.1 Å². The van der Waals surface area contributed by atoms with Gasteiger partial charge in [0.15, 0.2) is 0 Å². The van der Waals surface area contributed by atoms with E-state index in [0.29, 0.717) is 6.61 Å². The van der Waals surface area contributed by atoms with E-state index in [2.05, 4.69) is 0 Å². The Labute approximate surface area is 102 Å². The first kappa shape index (κ1) is 11.9. The highest BCUT2D eigenvalue weighted by atomic mass is 35.5. The summed E-state index contributed by atoms with van der Waals surface area (Å²) < 4.78 is 5.85. The Bertz CT molecular complexity index is 342. The summed E-state index contributed by atoms with van der Waals surface area (Å²) in [6, 6.07) is 7.98. The van der Waals surface area contributed by atoms with Crippen molar-refractivity contribution in [2.75, 3.05) is 0 Å². The van der Waals surface area contributed by atoms with Gasteiger partial charge in [-0.2, -0.15) is 0 Å². The number of halogens is 1. The molecule has 2 nitrogen and oxygen atoms in total. The van der Waals surface area contributed by atoms with Crippen LogP contribution in [0.3, 0.4) is 0 Å². The van der Waals surface area contributed by atoms with Gasteiger partial charge in [0.05, 0.1) is 12.7 Å². The van der Waals surface area contributed by atoms with E-state index >= 15 is 0 Å². The van der Waals surface area contributed by atoms with Crippen LogP contribution in [-0.2, 0) is 11.3 Å². The lowest BCUT2D eigenvalue weighted by molar-refractivity contribution is 0.00408. The lowest BCUT2D eigenvalue weighted by atomic mass is 9.93. The first-order chi connectivity index (χ1) is 7.77. The predicted molar refractivity (Wildman–Crippen MR) is 66.5 cm³/mol. The van der Waals surface area contributed by atoms with Gasteiger partial charge < -0.3 is 10.5 Å². The summed E-state index contributed by atoms with van der Waals surface area (Å²) in [6.07, 6.45) is 4.80. The van der Waals surface area contributed by atoms with Crippen molar-refractivity contribution >= 4 is 11.6 Å². The van der Waals surface area contributed by atoms with Gasteiger partial charge in [0.25, 0.3) is 0 Å². The first-order valence-corrected chi connectivity index (χ1v) is 6.26. The zero-order valence-corrected chi connectivity index (χ0v) is 10.1. The minimum atomic E-state index is 0.191. The summed E-state index contributed by atoms with van der Waals surface area (Å²) in [4.78, 5) is 0. The van der Waals surface area contributed by atoms with Crippen LogP contribution in [0, 0.1) is 0 Å². The van der Waals surface area contributed by atoms with Crippen molar-refractivity contribution < 1.29 is 4.74 Å². The van der Waals surface area contributed by atoms with Crippen LogP contribution in [0.25, 0.3) is 0 Å². The van der Waals surface area contributed by atoms with Gasteiger partial charge in [-0.05, 0) is 24.5 Å². The van der Waals surface area contributed by atoms with E-state index in [1.807, 2.05) is 24.3 Å². The fourth-order valence-corrected chi connectivity index (χ4v) is 2.34. The maximum atomic E-state index is 6.07. The predicted octanol–water partition coefficient (Wildman–Crippen LogP) is 3.13. The van der Waals surface area contributed by atoms with E-state index in [9.17, 15) is 0 Å². The molecule has 2 atom stereocenters. The molecule has 0 unspecified atom stereocenters. The third-order valence-electron chi connectivity index (χ3n) is 3.16. The molecule has 0 aliphatic heterocycles. The first-order valence-electron chi connectivity index (χ1n) is 5.88. The molecule has 0 aromatic heterocycles. The average Bonchev–Trinajstić information content (AvgIpc) is 2.30. The number of ether oxygens (including phenoxy) is 1. The Morgan fingerprint density at radius 2 is 2.00 bits per heavy atom. The largest absolute Gasteiger partial charge is 0.372 e. The normalized spacial score (nSPS) is 25.6. The number of rotatable bonds is 3. The second kappa shape index (κ2) is 5.67. The molecule has 3 heteroatoms. The smallest absolute Gasteiger partial charge is 0.0735 e. The van der Waals surface area contributed by atoms with Gasteiger partial charge in [-0.15, -0.1) is 0 Å². The number of hydrogen-bond donors (Lipinski definition) is 1. The quantitative estimate of drug-likeness (QED) is 0.880. The zero-order valence-electron chi connectivity index (χ0n) is 9.36. The summed E-state index contributed by atoms with van der Waals surface area (Å²) in [7, 11) is 0. The summed E-state index contributed by atoms with van der Waals surface area (Å²) in [5.41, 5.74) is 7.07. The molecule has 0 saturated heterocycles. The van der Waals surface area contributed by atoms with Crippen LogP contribution in [-0.4, -0.2) is 12.1 Å². The Kier molecular flexibility index (Phi) is 4.22. The van der Waals surface area contributed by atoms with Crippen LogP contribution in [0.2, 0.25) is 5.02 Å². The third kappa shape index (κ3) is 2.97. The molecule has 1 aliphatic carbocycles. The molecular weight excluding hydrogens is 222 g/mol. The van der Waals surface area contributed by atoms with Crippen LogP contribution in [0.1, 0.15) is 31.2 Å². The van der Waals surface area contributed by atoms with E-state index in [1.54, 1.807) is 0 Å². The molecule has 1 saturated carbocycles. The summed E-state index contributed by atoms with van der Waals surface area (Å²) in [6.45, 7) is 0.568. The molecular formula is C13H18ClNO. The van der Waals surface area contributed by atoms with Crippen molar-refractivity contribution in [2.24, 2.45) is 5.73 Å². The van der Waals surface area contributed by atoms with Gasteiger partial charge in [0.1, 0.15) is 0 Å². The van der Waals surface area contributed by atoms with Crippen LogP contribution in [0.4, 0.5) is 0 Å². The summed E-state index contributed by atoms with van der Waals surface area (Å²) in [5, 5.41) is 0.770. The molecule has 0 amide bonds. The van der Waals surface area contributed by atoms with Crippen LogP contribution >= 0.6 is 11.6 Å². The molecule has 0 heterocycles. The van der Waals surface area contributed by atoms with Crippen molar-refractivity contribution in [2.45, 2.75) is 44.4 Å². The Hall–Kier alpha value is -0.570. The molecule has 88 valence electrons. The highest BCUT2D eigenvalue weighted by Crippen LogP contribution is 2.22. The molecule has 0 radical (unpaired) electrons. The topological polar surface area (TPSA) is 35.2 Å². The summed E-state index contributed by atoms with van der Waals surface area (Å²) >= 11 is 6.07. The number of nitrogens with two attached hydrogens (primary N) is 1. The molecule has 2 rings (SSSR count). The fourth-order valence-electron chi connectivity index (χ4n) is 2.14. The van der Waals surface area contributed by atoms with Crippen LogP contribution in [0.5, 0.6) is 0 Å². The standard InChI is InChI=1S/C13H18ClNO/c14-11-6-2-1-5-10(11)9-16-13-8-4-3-7-12(13)15/h1-2,5-6,12-13H,3-4,7-9,15H2/t12-,13-/m1/s1. The maximum Gasteiger partial charge on any atom is 0.0735 e. The molecule has 1 aromatic rings. The third-order valence-corrected chi connectivity index (χ3v) is 3.53. The molecule has 0 bridgehead atoms. The van der Waals surface area contributed by atoms with Crippen molar-refractivity contribution in [3.8, 4) is 0 Å². The van der Waals surface area contributed by atoms with Gasteiger partial charge in [-0.1, -0.05) is 42.6 Å². The molecule has 1 fully saturated rings. The van der Waals surface area contributed by atoms with Gasteiger partial charge >= 0.3 is 0 Å². The van der Waals surface area contributed by atoms with Gasteiger partial charge in [-0.25, -0.2) is 0 Å². The van der Waals surface area contributed by atoms with E-state index in [-0.39, 0.29) is 12.1 Å². The van der Waals surface area contributed by atoms with Crippen molar-refractivity contribution in [3.63, 3.8) is 0 Å². The fraction of sp³-hybridized carbons (Fsp3) is 0.538. The lowest BCUT2D eigenvalue weighted by Crippen LogP contribution is -2.39.